The number of carbonyl (C=O) groups is 1. The fourth-order valence-electron chi connectivity index (χ4n) is 0.708. The van der Waals surface area contributed by atoms with Crippen molar-refractivity contribution >= 4 is 23.3 Å². The number of nitrogens with zero attached hydrogens (tertiary/aromatic N) is 2. The number of carbonyl (C=O) groups excluding carboxylic acids is 1. The van der Waals surface area contributed by atoms with E-state index in [4.69, 9.17) is 11.6 Å². The van der Waals surface area contributed by atoms with E-state index < -0.39 is 5.41 Å². The lowest BCUT2D eigenvalue weighted by Gasteiger charge is -2.16. The number of halogens is 1. The molecule has 4 nitrogen and oxygen atoms in total. The predicted molar refractivity (Wildman–Crippen MR) is 55.1 cm³/mol. The molecule has 1 rings (SSSR count). The van der Waals surface area contributed by atoms with Crippen molar-refractivity contribution in [2.75, 3.05) is 5.32 Å². The first kappa shape index (κ1) is 10.9. The first-order chi connectivity index (χ1) is 6.39. The highest BCUT2D eigenvalue weighted by atomic mass is 35.5. The van der Waals surface area contributed by atoms with Gasteiger partial charge in [-0.3, -0.25) is 4.79 Å². The summed E-state index contributed by atoms with van der Waals surface area (Å²) >= 11 is 5.57. The van der Waals surface area contributed by atoms with Crippen LogP contribution in [-0.2, 0) is 4.79 Å². The molecule has 0 spiro atoms. The van der Waals surface area contributed by atoms with Crippen LogP contribution in [0.2, 0.25) is 5.28 Å². The highest BCUT2D eigenvalue weighted by Gasteiger charge is 2.21. The van der Waals surface area contributed by atoms with Crippen LogP contribution in [0.3, 0.4) is 0 Å². The van der Waals surface area contributed by atoms with Gasteiger partial charge in [0.1, 0.15) is 5.82 Å². The molecule has 0 aliphatic rings. The summed E-state index contributed by atoms with van der Waals surface area (Å²) in [5, 5.41) is 2.77. The van der Waals surface area contributed by atoms with E-state index in [0.29, 0.717) is 5.82 Å². The normalized spacial score (nSPS) is 11.1. The number of amides is 1. The second kappa shape index (κ2) is 3.92. The minimum atomic E-state index is -0.447. The number of aromatic nitrogens is 2. The largest absolute Gasteiger partial charge is 0.310 e. The van der Waals surface area contributed by atoms with Gasteiger partial charge < -0.3 is 5.32 Å². The van der Waals surface area contributed by atoms with Gasteiger partial charge in [0.2, 0.25) is 11.2 Å². The van der Waals surface area contributed by atoms with E-state index in [9.17, 15) is 4.79 Å². The summed E-state index contributed by atoms with van der Waals surface area (Å²) in [5.74, 6) is 0.317. The Morgan fingerprint density at radius 3 is 2.64 bits per heavy atom. The van der Waals surface area contributed by atoms with E-state index >= 15 is 0 Å². The number of anilines is 1. The van der Waals surface area contributed by atoms with Crippen LogP contribution in [0.25, 0.3) is 0 Å². The van der Waals surface area contributed by atoms with Gasteiger partial charge in [0.05, 0.1) is 0 Å². The highest BCUT2D eigenvalue weighted by molar-refractivity contribution is 6.28. The molecule has 1 aromatic rings. The standard InChI is InChI=1S/C9H12ClN3O/c1-9(2,3)7(14)12-6-4-5-11-8(10)13-6/h4-5H,1-3H3,(H,11,12,13,14). The summed E-state index contributed by atoms with van der Waals surface area (Å²) in [4.78, 5) is 19.1. The molecule has 0 atom stereocenters. The molecule has 0 unspecified atom stereocenters. The van der Waals surface area contributed by atoms with E-state index in [-0.39, 0.29) is 11.2 Å². The quantitative estimate of drug-likeness (QED) is 0.727. The topological polar surface area (TPSA) is 54.9 Å². The summed E-state index contributed by atoms with van der Waals surface area (Å²) in [7, 11) is 0. The number of rotatable bonds is 1. The molecule has 1 aromatic heterocycles. The molecule has 0 aromatic carbocycles. The van der Waals surface area contributed by atoms with Gasteiger partial charge in [-0.15, -0.1) is 0 Å². The van der Waals surface area contributed by atoms with E-state index in [1.807, 2.05) is 20.8 Å². The summed E-state index contributed by atoms with van der Waals surface area (Å²) in [6.45, 7) is 5.47. The molecule has 1 N–H and O–H groups in total. The Morgan fingerprint density at radius 2 is 2.14 bits per heavy atom. The van der Waals surface area contributed by atoms with Gasteiger partial charge in [-0.05, 0) is 17.7 Å². The van der Waals surface area contributed by atoms with Crippen molar-refractivity contribution in [3.8, 4) is 0 Å². The maximum Gasteiger partial charge on any atom is 0.230 e. The Kier molecular flexibility index (Phi) is 3.06. The van der Waals surface area contributed by atoms with Crippen molar-refractivity contribution in [2.24, 2.45) is 5.41 Å². The maximum atomic E-state index is 11.5. The molecule has 0 bridgehead atoms. The Labute approximate surface area is 87.7 Å². The molecule has 14 heavy (non-hydrogen) atoms. The first-order valence-corrected chi connectivity index (χ1v) is 4.57. The fraction of sp³-hybridized carbons (Fsp3) is 0.444. The van der Waals surface area contributed by atoms with E-state index in [2.05, 4.69) is 15.3 Å². The lowest BCUT2D eigenvalue weighted by Crippen LogP contribution is -2.28. The third-order valence-electron chi connectivity index (χ3n) is 1.55. The van der Waals surface area contributed by atoms with Crippen LogP contribution in [0.5, 0.6) is 0 Å². The van der Waals surface area contributed by atoms with Crippen LogP contribution in [0.15, 0.2) is 12.3 Å². The maximum absolute atomic E-state index is 11.5. The molecular weight excluding hydrogens is 202 g/mol. The number of hydrogen-bond acceptors (Lipinski definition) is 3. The molecule has 76 valence electrons. The van der Waals surface area contributed by atoms with Crippen LogP contribution in [0.4, 0.5) is 5.82 Å². The van der Waals surface area contributed by atoms with Gasteiger partial charge in [-0.25, -0.2) is 9.97 Å². The molecule has 0 radical (unpaired) electrons. The van der Waals surface area contributed by atoms with E-state index in [1.165, 1.54) is 6.20 Å². The number of nitrogens with one attached hydrogen (secondary N) is 1. The Morgan fingerprint density at radius 1 is 1.50 bits per heavy atom. The molecule has 0 saturated heterocycles. The Balaban J connectivity index is 2.75. The number of hydrogen-bond donors (Lipinski definition) is 1. The van der Waals surface area contributed by atoms with Gasteiger partial charge in [-0.1, -0.05) is 20.8 Å². The monoisotopic (exact) mass is 213 g/mol. The second-order valence-electron chi connectivity index (χ2n) is 3.92. The summed E-state index contributed by atoms with van der Waals surface area (Å²) < 4.78 is 0. The molecule has 0 saturated carbocycles. The summed E-state index contributed by atoms with van der Waals surface area (Å²) in [6.07, 6.45) is 1.49. The average Bonchev–Trinajstić information content (AvgIpc) is 2.02. The third kappa shape index (κ3) is 2.96. The third-order valence-corrected chi connectivity index (χ3v) is 1.73. The van der Waals surface area contributed by atoms with Gasteiger partial charge in [-0.2, -0.15) is 0 Å². The smallest absolute Gasteiger partial charge is 0.230 e. The zero-order valence-electron chi connectivity index (χ0n) is 8.34. The second-order valence-corrected chi connectivity index (χ2v) is 4.25. The minimum absolute atomic E-state index is 0.104. The van der Waals surface area contributed by atoms with Crippen LogP contribution >= 0.6 is 11.6 Å². The zero-order valence-corrected chi connectivity index (χ0v) is 9.09. The van der Waals surface area contributed by atoms with Crippen molar-refractivity contribution in [1.82, 2.24) is 9.97 Å². The zero-order chi connectivity index (χ0) is 10.8. The van der Waals surface area contributed by atoms with Gasteiger partial charge in [0.25, 0.3) is 0 Å². The van der Waals surface area contributed by atoms with Crippen molar-refractivity contribution in [3.05, 3.63) is 17.5 Å². The molecule has 1 heterocycles. The minimum Gasteiger partial charge on any atom is -0.310 e. The lowest BCUT2D eigenvalue weighted by atomic mass is 9.96. The van der Waals surface area contributed by atoms with Crippen LogP contribution in [-0.4, -0.2) is 15.9 Å². The molecule has 5 heteroatoms. The first-order valence-electron chi connectivity index (χ1n) is 4.19. The SMILES string of the molecule is CC(C)(C)C(=O)Nc1ccnc(Cl)n1. The molecule has 0 fully saturated rings. The summed E-state index contributed by atoms with van der Waals surface area (Å²) in [6, 6.07) is 1.59. The van der Waals surface area contributed by atoms with Crippen LogP contribution in [0, 0.1) is 5.41 Å². The van der Waals surface area contributed by atoms with Gasteiger partial charge in [0, 0.05) is 11.6 Å². The van der Waals surface area contributed by atoms with Gasteiger partial charge >= 0.3 is 0 Å². The van der Waals surface area contributed by atoms with Crippen LogP contribution < -0.4 is 5.32 Å². The van der Waals surface area contributed by atoms with E-state index in [0.717, 1.165) is 0 Å². The van der Waals surface area contributed by atoms with Crippen LogP contribution in [0.1, 0.15) is 20.8 Å². The molecule has 0 aliphatic heterocycles. The van der Waals surface area contributed by atoms with Gasteiger partial charge in [0.15, 0.2) is 0 Å². The van der Waals surface area contributed by atoms with Crippen molar-refractivity contribution in [2.45, 2.75) is 20.8 Å². The van der Waals surface area contributed by atoms with Crippen molar-refractivity contribution in [1.29, 1.82) is 0 Å². The Hall–Kier alpha value is -1.16. The average molecular weight is 214 g/mol. The van der Waals surface area contributed by atoms with E-state index in [1.54, 1.807) is 6.07 Å². The fourth-order valence-corrected chi connectivity index (χ4v) is 0.856. The highest BCUT2D eigenvalue weighted by Crippen LogP contribution is 2.16. The molecule has 1 amide bonds. The van der Waals surface area contributed by atoms with Crippen molar-refractivity contribution < 1.29 is 4.79 Å². The lowest BCUT2D eigenvalue weighted by molar-refractivity contribution is -0.123. The van der Waals surface area contributed by atoms with Crippen molar-refractivity contribution in [3.63, 3.8) is 0 Å². The Bertz CT molecular complexity index is 346. The molecular formula is C9H12ClN3O. The molecule has 0 aliphatic carbocycles. The summed E-state index contributed by atoms with van der Waals surface area (Å²) in [5.41, 5.74) is -0.447. The predicted octanol–water partition coefficient (Wildman–Crippen LogP) is 2.11.